The van der Waals surface area contributed by atoms with E-state index >= 15 is 0 Å². The fourth-order valence-electron chi connectivity index (χ4n) is 5.23. The second kappa shape index (κ2) is 15.5. The summed E-state index contributed by atoms with van der Waals surface area (Å²) in [6.07, 6.45) is 5.53. The first kappa shape index (κ1) is 32.8. The van der Waals surface area contributed by atoms with Crippen molar-refractivity contribution in [2.75, 3.05) is 90.0 Å². The Morgan fingerprint density at radius 3 is 1.81 bits per heavy atom. The summed E-state index contributed by atoms with van der Waals surface area (Å²) in [4.78, 5) is 58.1. The largest absolute Gasteiger partial charge is 0.480 e. The summed E-state index contributed by atoms with van der Waals surface area (Å²) < 4.78 is 5.43. The maximum atomic E-state index is 13.7. The average molecular weight is 584 g/mol. The lowest BCUT2D eigenvalue weighted by Gasteiger charge is -2.33. The van der Waals surface area contributed by atoms with E-state index in [-0.39, 0.29) is 25.5 Å². The molecular formula is C30H41N5O7. The van der Waals surface area contributed by atoms with Crippen LogP contribution in [0.25, 0.3) is 11.0 Å². The highest BCUT2D eigenvalue weighted by Crippen LogP contribution is 2.28. The van der Waals surface area contributed by atoms with Crippen LogP contribution in [-0.4, -0.2) is 133 Å². The number of nitrogens with zero attached hydrogens (tertiary/aromatic N) is 5. The van der Waals surface area contributed by atoms with Crippen LogP contribution in [0.4, 0.5) is 5.69 Å². The molecule has 1 saturated heterocycles. The van der Waals surface area contributed by atoms with Crippen molar-refractivity contribution in [3.05, 3.63) is 39.7 Å². The van der Waals surface area contributed by atoms with Crippen LogP contribution in [-0.2, 0) is 14.4 Å². The van der Waals surface area contributed by atoms with E-state index in [4.69, 9.17) is 10.8 Å². The second-order valence-corrected chi connectivity index (χ2v) is 10.6. The van der Waals surface area contributed by atoms with Gasteiger partial charge in [-0.05, 0) is 38.0 Å². The van der Waals surface area contributed by atoms with Crippen molar-refractivity contribution >= 4 is 34.5 Å². The van der Waals surface area contributed by atoms with Crippen molar-refractivity contribution in [2.45, 2.75) is 20.8 Å². The van der Waals surface area contributed by atoms with Gasteiger partial charge in [0.1, 0.15) is 5.58 Å². The molecule has 3 rings (SSSR count). The van der Waals surface area contributed by atoms with Gasteiger partial charge in [-0.3, -0.25) is 34.0 Å². The van der Waals surface area contributed by atoms with Gasteiger partial charge in [0.05, 0.1) is 31.9 Å². The highest BCUT2D eigenvalue weighted by atomic mass is 16.4. The third-order valence-corrected chi connectivity index (χ3v) is 7.50. The van der Waals surface area contributed by atoms with Gasteiger partial charge in [0.25, 0.3) is 0 Å². The number of amides is 1. The Morgan fingerprint density at radius 2 is 1.33 bits per heavy atom. The van der Waals surface area contributed by atoms with Crippen LogP contribution >= 0.6 is 0 Å². The number of fused-ring (bicyclic) bond motifs is 1. The molecule has 0 unspecified atom stereocenters. The van der Waals surface area contributed by atoms with Gasteiger partial charge in [-0.25, -0.2) is 4.79 Å². The molecule has 0 saturated carbocycles. The quantitative estimate of drug-likeness (QED) is 0.320. The molecule has 1 aliphatic rings. The van der Waals surface area contributed by atoms with Gasteiger partial charge >= 0.3 is 17.6 Å². The van der Waals surface area contributed by atoms with Crippen LogP contribution in [0.3, 0.4) is 0 Å². The Labute approximate surface area is 246 Å². The zero-order valence-electron chi connectivity index (χ0n) is 24.7. The monoisotopic (exact) mass is 583 g/mol. The Morgan fingerprint density at radius 1 is 0.833 bits per heavy atom. The molecule has 0 bridgehead atoms. The Balaban J connectivity index is 1.85. The number of likely N-dealkylation sites (N-methyl/N-ethyl adjacent to an activating group) is 1. The predicted octanol–water partition coefficient (Wildman–Crippen LogP) is 0.787. The van der Waals surface area contributed by atoms with E-state index in [0.717, 1.165) is 16.5 Å². The molecule has 2 heterocycles. The summed E-state index contributed by atoms with van der Waals surface area (Å²) >= 11 is 0. The minimum absolute atomic E-state index is 0.0497. The topological polar surface area (TPSA) is 138 Å². The van der Waals surface area contributed by atoms with Crippen LogP contribution < -0.4 is 10.5 Å². The molecule has 0 atom stereocenters. The van der Waals surface area contributed by atoms with Crippen molar-refractivity contribution in [1.29, 1.82) is 0 Å². The Bertz CT molecular complexity index is 1340. The molecule has 12 heteroatoms. The Hall–Kier alpha value is -3.76. The number of carboxylic acids is 2. The smallest absolute Gasteiger partial charge is 0.336 e. The molecule has 0 spiro atoms. The lowest BCUT2D eigenvalue weighted by atomic mass is 10.1. The zero-order valence-corrected chi connectivity index (χ0v) is 24.7. The number of aliphatic carboxylic acids is 2. The number of rotatable bonds is 9. The van der Waals surface area contributed by atoms with Gasteiger partial charge in [0.15, 0.2) is 0 Å². The number of carbonyl (C=O) groups is 3. The lowest BCUT2D eigenvalue weighted by Crippen LogP contribution is -2.49. The molecule has 1 fully saturated rings. The van der Waals surface area contributed by atoms with Crippen molar-refractivity contribution in [3.63, 3.8) is 0 Å². The number of hydrogen-bond donors (Lipinski definition) is 2. The van der Waals surface area contributed by atoms with E-state index in [0.29, 0.717) is 76.7 Å². The van der Waals surface area contributed by atoms with Gasteiger partial charge in [0, 0.05) is 76.4 Å². The fraction of sp³-hybridized carbons (Fsp3) is 0.533. The van der Waals surface area contributed by atoms with E-state index in [2.05, 4.69) is 5.92 Å². The summed E-state index contributed by atoms with van der Waals surface area (Å²) in [5.74, 6) is 0.577. The molecule has 1 aliphatic heterocycles. The van der Waals surface area contributed by atoms with Crippen molar-refractivity contribution < 1.29 is 29.0 Å². The summed E-state index contributed by atoms with van der Waals surface area (Å²) in [5, 5.41) is 19.7. The highest BCUT2D eigenvalue weighted by Gasteiger charge is 2.23. The van der Waals surface area contributed by atoms with Gasteiger partial charge in [-0.15, -0.1) is 6.42 Å². The first-order chi connectivity index (χ1) is 20.0. The van der Waals surface area contributed by atoms with E-state index in [1.807, 2.05) is 46.4 Å². The Kier molecular flexibility index (Phi) is 12.1. The third kappa shape index (κ3) is 9.39. The normalized spacial score (nSPS) is 16.8. The summed E-state index contributed by atoms with van der Waals surface area (Å²) in [6, 6.07) is 5.07. The van der Waals surface area contributed by atoms with Crippen molar-refractivity contribution in [2.24, 2.45) is 0 Å². The van der Waals surface area contributed by atoms with Crippen LogP contribution in [0.1, 0.15) is 18.1 Å². The first-order valence-corrected chi connectivity index (χ1v) is 14.1. The molecule has 1 aromatic heterocycles. The van der Waals surface area contributed by atoms with E-state index in [9.17, 15) is 29.4 Å². The number of benzene rings is 1. The molecule has 1 amide bonds. The molecular weight excluding hydrogens is 542 g/mol. The predicted molar refractivity (Wildman–Crippen MR) is 160 cm³/mol. The molecule has 1 aromatic carbocycles. The van der Waals surface area contributed by atoms with Gasteiger partial charge < -0.3 is 19.5 Å². The summed E-state index contributed by atoms with van der Waals surface area (Å²) in [5.41, 5.74) is 2.25. The number of aryl methyl sites for hydroxylation is 2. The number of carboxylic acid groups (broad SMARTS) is 2. The molecule has 42 heavy (non-hydrogen) atoms. The molecule has 2 aromatic rings. The maximum Gasteiger partial charge on any atom is 0.336 e. The van der Waals surface area contributed by atoms with Crippen molar-refractivity contribution in [3.8, 4) is 12.3 Å². The number of terminal acetylenes is 1. The van der Waals surface area contributed by atoms with Gasteiger partial charge in [-0.1, -0.05) is 5.92 Å². The van der Waals surface area contributed by atoms with E-state index in [1.54, 1.807) is 11.0 Å². The maximum absolute atomic E-state index is 13.7. The average Bonchev–Trinajstić information content (AvgIpc) is 2.90. The second-order valence-electron chi connectivity index (χ2n) is 10.6. The minimum atomic E-state index is -0.938. The molecule has 0 radical (unpaired) electrons. The van der Waals surface area contributed by atoms with Gasteiger partial charge in [-0.2, -0.15) is 0 Å². The fourth-order valence-corrected chi connectivity index (χ4v) is 5.23. The number of anilines is 1. The zero-order chi connectivity index (χ0) is 30.8. The number of hydrogen-bond acceptors (Lipinski definition) is 9. The molecule has 12 nitrogen and oxygen atoms in total. The third-order valence-electron chi connectivity index (χ3n) is 7.50. The first-order valence-electron chi connectivity index (χ1n) is 14.1. The van der Waals surface area contributed by atoms with Crippen LogP contribution in [0.2, 0.25) is 0 Å². The summed E-state index contributed by atoms with van der Waals surface area (Å²) in [7, 11) is 0. The van der Waals surface area contributed by atoms with Crippen LogP contribution in [0.15, 0.2) is 27.4 Å². The minimum Gasteiger partial charge on any atom is -0.480 e. The van der Waals surface area contributed by atoms with Crippen molar-refractivity contribution in [1.82, 2.24) is 19.6 Å². The lowest BCUT2D eigenvalue weighted by molar-refractivity contribution is -0.139. The summed E-state index contributed by atoms with van der Waals surface area (Å²) in [6.45, 7) is 9.82. The highest BCUT2D eigenvalue weighted by molar-refractivity contribution is 5.98. The molecule has 0 aliphatic carbocycles. The van der Waals surface area contributed by atoms with E-state index in [1.165, 1.54) is 6.07 Å². The molecule has 2 N–H and O–H groups in total. The van der Waals surface area contributed by atoms with Crippen LogP contribution in [0.5, 0.6) is 0 Å². The number of carbonyl (C=O) groups excluding carboxylic acids is 1. The standard InChI is InChI=1S/C30H41N5O7/c1-5-7-31-8-10-33(20-28(37)38)14-12-32(13-15-34(11-9-31)21-29(39)40)19-27(36)35(6-2)25-18-26-24(16-23(25)4)22(3)17-30(41)42-26/h1,16-18H,6-15,19-21H2,2-4H3,(H,37,38)(H,39,40). The molecule has 228 valence electrons. The SMILES string of the molecule is C#CCN1CCN(CC(=O)O)CCN(CC(=O)N(CC)c2cc3oc(=O)cc(C)c3cc2C)CCN(CC(=O)O)CC1. The van der Waals surface area contributed by atoms with E-state index < -0.39 is 17.6 Å². The van der Waals surface area contributed by atoms with Crippen LogP contribution in [0, 0.1) is 26.2 Å². The van der Waals surface area contributed by atoms with Gasteiger partial charge in [0.2, 0.25) is 5.91 Å².